The number of anilines is 1. The van der Waals surface area contributed by atoms with Crippen LogP contribution in [-0.2, 0) is 4.79 Å². The van der Waals surface area contributed by atoms with Crippen LogP contribution < -0.4 is 10.1 Å². The van der Waals surface area contributed by atoms with Crippen molar-refractivity contribution in [2.75, 3.05) is 11.9 Å². The highest BCUT2D eigenvalue weighted by molar-refractivity contribution is 6.30. The minimum absolute atomic E-state index is 0.0676. The van der Waals surface area contributed by atoms with Crippen molar-refractivity contribution in [3.05, 3.63) is 65.6 Å². The van der Waals surface area contributed by atoms with E-state index >= 15 is 0 Å². The fourth-order valence-electron chi connectivity index (χ4n) is 2.24. The summed E-state index contributed by atoms with van der Waals surface area (Å²) in [6.07, 6.45) is 1.66. The third-order valence-corrected chi connectivity index (χ3v) is 3.71. The molecule has 6 heteroatoms. The zero-order valence-corrected chi connectivity index (χ0v) is 13.8. The maximum atomic E-state index is 11.9. The fourth-order valence-corrected chi connectivity index (χ4v) is 2.36. The number of amides is 1. The average Bonchev–Trinajstić information content (AvgIpc) is 3.01. The molecule has 2 N–H and O–H groups in total. The molecule has 5 nitrogen and oxygen atoms in total. The van der Waals surface area contributed by atoms with Crippen molar-refractivity contribution in [1.29, 1.82) is 0 Å². The first kappa shape index (κ1) is 16.1. The Labute approximate surface area is 144 Å². The first-order valence-electron chi connectivity index (χ1n) is 7.40. The van der Waals surface area contributed by atoms with E-state index in [1.54, 1.807) is 30.6 Å². The minimum Gasteiger partial charge on any atom is -0.484 e. The molecule has 2 aromatic carbocycles. The van der Waals surface area contributed by atoms with Crippen molar-refractivity contribution in [2.24, 2.45) is 0 Å². The molecular weight excluding hydrogens is 326 g/mol. The van der Waals surface area contributed by atoms with Crippen molar-refractivity contribution in [3.63, 3.8) is 0 Å². The highest BCUT2D eigenvalue weighted by Gasteiger charge is 2.07. The Balaban J connectivity index is 1.56. The summed E-state index contributed by atoms with van der Waals surface area (Å²) in [7, 11) is 0. The van der Waals surface area contributed by atoms with E-state index in [4.69, 9.17) is 16.3 Å². The lowest BCUT2D eigenvalue weighted by atomic mass is 10.1. The Kier molecular flexibility index (Phi) is 4.82. The van der Waals surface area contributed by atoms with Crippen LogP contribution in [0.25, 0.3) is 11.3 Å². The van der Waals surface area contributed by atoms with Gasteiger partial charge in [0.05, 0.1) is 12.0 Å². The molecule has 0 atom stereocenters. The SMILES string of the molecule is Cc1[nH]cnc1-c1ccc(NC(=O)COc2ccc(Cl)cc2)cc1. The number of rotatable bonds is 5. The highest BCUT2D eigenvalue weighted by atomic mass is 35.5. The zero-order valence-electron chi connectivity index (χ0n) is 13.0. The number of aromatic amines is 1. The molecule has 0 radical (unpaired) electrons. The summed E-state index contributed by atoms with van der Waals surface area (Å²) in [4.78, 5) is 19.3. The Hall–Kier alpha value is -2.79. The van der Waals surface area contributed by atoms with Crippen LogP contribution in [0.4, 0.5) is 5.69 Å². The molecule has 0 saturated heterocycles. The van der Waals surface area contributed by atoms with Gasteiger partial charge in [0.15, 0.2) is 6.61 Å². The summed E-state index contributed by atoms with van der Waals surface area (Å²) in [5, 5.41) is 3.42. The van der Waals surface area contributed by atoms with Gasteiger partial charge in [-0.05, 0) is 43.3 Å². The summed E-state index contributed by atoms with van der Waals surface area (Å²) in [5.41, 5.74) is 3.60. The maximum absolute atomic E-state index is 11.9. The predicted molar refractivity (Wildman–Crippen MR) is 94.3 cm³/mol. The number of imidazole rings is 1. The fraction of sp³-hybridized carbons (Fsp3) is 0.111. The van der Waals surface area contributed by atoms with Crippen LogP contribution in [0.2, 0.25) is 5.02 Å². The minimum atomic E-state index is -0.228. The number of H-pyrrole nitrogens is 1. The number of halogens is 1. The van der Waals surface area contributed by atoms with Crippen LogP contribution in [-0.4, -0.2) is 22.5 Å². The Morgan fingerprint density at radius 2 is 1.88 bits per heavy atom. The first-order valence-corrected chi connectivity index (χ1v) is 7.78. The number of nitrogens with zero attached hydrogens (tertiary/aromatic N) is 1. The van der Waals surface area contributed by atoms with E-state index in [1.165, 1.54) is 0 Å². The van der Waals surface area contributed by atoms with Crippen LogP contribution in [0.1, 0.15) is 5.69 Å². The van der Waals surface area contributed by atoms with Crippen LogP contribution >= 0.6 is 11.6 Å². The smallest absolute Gasteiger partial charge is 0.262 e. The topological polar surface area (TPSA) is 67.0 Å². The number of hydrogen-bond acceptors (Lipinski definition) is 3. The predicted octanol–water partition coefficient (Wildman–Crippen LogP) is 4.06. The van der Waals surface area contributed by atoms with Gasteiger partial charge in [-0.15, -0.1) is 0 Å². The number of aryl methyl sites for hydroxylation is 1. The van der Waals surface area contributed by atoms with Gasteiger partial charge >= 0.3 is 0 Å². The van der Waals surface area contributed by atoms with Crippen molar-refractivity contribution in [1.82, 2.24) is 9.97 Å². The summed E-state index contributed by atoms with van der Waals surface area (Å²) in [5.74, 6) is 0.368. The molecule has 0 aliphatic heterocycles. The Bertz CT molecular complexity index is 826. The number of carbonyl (C=O) groups excluding carboxylic acids is 1. The Morgan fingerprint density at radius 3 is 2.50 bits per heavy atom. The zero-order chi connectivity index (χ0) is 16.9. The van der Waals surface area contributed by atoms with E-state index < -0.39 is 0 Å². The number of benzene rings is 2. The van der Waals surface area contributed by atoms with E-state index in [9.17, 15) is 4.79 Å². The monoisotopic (exact) mass is 341 g/mol. The molecule has 3 rings (SSSR count). The van der Waals surface area contributed by atoms with Gasteiger partial charge in [-0.1, -0.05) is 23.7 Å². The molecule has 1 amide bonds. The van der Waals surface area contributed by atoms with Gasteiger partial charge in [0, 0.05) is 22.0 Å². The molecule has 0 fully saturated rings. The van der Waals surface area contributed by atoms with Gasteiger partial charge in [-0.2, -0.15) is 0 Å². The van der Waals surface area contributed by atoms with E-state index in [0.717, 1.165) is 17.0 Å². The second-order valence-corrected chi connectivity index (χ2v) is 5.68. The second kappa shape index (κ2) is 7.19. The summed E-state index contributed by atoms with van der Waals surface area (Å²) < 4.78 is 5.41. The van der Waals surface area contributed by atoms with Crippen LogP contribution in [0.5, 0.6) is 5.75 Å². The van der Waals surface area contributed by atoms with E-state index in [1.807, 2.05) is 31.2 Å². The molecular formula is C18H16ClN3O2. The lowest BCUT2D eigenvalue weighted by molar-refractivity contribution is -0.118. The third-order valence-electron chi connectivity index (χ3n) is 3.46. The average molecular weight is 342 g/mol. The van der Waals surface area contributed by atoms with Crippen molar-refractivity contribution in [3.8, 4) is 17.0 Å². The normalized spacial score (nSPS) is 10.4. The number of carbonyl (C=O) groups is 1. The number of hydrogen-bond donors (Lipinski definition) is 2. The molecule has 122 valence electrons. The lowest BCUT2D eigenvalue weighted by Gasteiger charge is -2.08. The van der Waals surface area contributed by atoms with Crippen molar-refractivity contribution >= 4 is 23.2 Å². The summed E-state index contributed by atoms with van der Waals surface area (Å²) in [6, 6.07) is 14.4. The van der Waals surface area contributed by atoms with E-state index in [0.29, 0.717) is 16.5 Å². The molecule has 0 saturated carbocycles. The maximum Gasteiger partial charge on any atom is 0.262 e. The molecule has 0 aliphatic carbocycles. The highest BCUT2D eigenvalue weighted by Crippen LogP contribution is 2.21. The number of aromatic nitrogens is 2. The largest absolute Gasteiger partial charge is 0.484 e. The van der Waals surface area contributed by atoms with Crippen molar-refractivity contribution < 1.29 is 9.53 Å². The molecule has 3 aromatic rings. The van der Waals surface area contributed by atoms with Gasteiger partial charge in [0.1, 0.15) is 5.75 Å². The summed E-state index contributed by atoms with van der Waals surface area (Å²) >= 11 is 5.80. The van der Waals surface area contributed by atoms with Crippen LogP contribution in [0.3, 0.4) is 0 Å². The molecule has 0 spiro atoms. The molecule has 0 aliphatic rings. The van der Waals surface area contributed by atoms with Crippen LogP contribution in [0, 0.1) is 6.92 Å². The standard InChI is InChI=1S/C18H16ClN3O2/c1-12-18(21-11-20-12)13-2-6-15(7-3-13)22-17(23)10-24-16-8-4-14(19)5-9-16/h2-9,11H,10H2,1H3,(H,20,21)(H,22,23). The molecule has 24 heavy (non-hydrogen) atoms. The quantitative estimate of drug-likeness (QED) is 0.735. The summed E-state index contributed by atoms with van der Waals surface area (Å²) in [6.45, 7) is 1.90. The third kappa shape index (κ3) is 3.94. The van der Waals surface area contributed by atoms with Crippen molar-refractivity contribution in [2.45, 2.75) is 6.92 Å². The van der Waals surface area contributed by atoms with E-state index in [-0.39, 0.29) is 12.5 Å². The number of nitrogens with one attached hydrogen (secondary N) is 2. The van der Waals surface area contributed by atoms with Gasteiger partial charge in [-0.25, -0.2) is 4.98 Å². The number of ether oxygens (including phenoxy) is 1. The van der Waals surface area contributed by atoms with Gasteiger partial charge in [-0.3, -0.25) is 4.79 Å². The van der Waals surface area contributed by atoms with E-state index in [2.05, 4.69) is 15.3 Å². The molecule has 0 unspecified atom stereocenters. The molecule has 1 aromatic heterocycles. The molecule has 0 bridgehead atoms. The molecule has 1 heterocycles. The van der Waals surface area contributed by atoms with Gasteiger partial charge < -0.3 is 15.0 Å². The first-order chi connectivity index (χ1) is 11.6. The van der Waals surface area contributed by atoms with Gasteiger partial charge in [0.25, 0.3) is 5.91 Å². The van der Waals surface area contributed by atoms with Crippen LogP contribution in [0.15, 0.2) is 54.9 Å². The second-order valence-electron chi connectivity index (χ2n) is 5.24. The lowest BCUT2D eigenvalue weighted by Crippen LogP contribution is -2.20. The Morgan fingerprint density at radius 1 is 1.17 bits per heavy atom. The van der Waals surface area contributed by atoms with Gasteiger partial charge in [0.2, 0.25) is 0 Å².